The zero-order valence-corrected chi connectivity index (χ0v) is 14.9. The fourth-order valence-corrected chi connectivity index (χ4v) is 3.69. The van der Waals surface area contributed by atoms with Crippen LogP contribution in [0.4, 0.5) is 5.95 Å². The summed E-state index contributed by atoms with van der Waals surface area (Å²) in [5.41, 5.74) is 3.91. The zero-order chi connectivity index (χ0) is 18.1. The summed E-state index contributed by atoms with van der Waals surface area (Å²) in [4.78, 5) is 36.4. The van der Waals surface area contributed by atoms with Crippen LogP contribution in [-0.4, -0.2) is 53.2 Å². The number of aryl methyl sites for hydroxylation is 1. The molecule has 6 heteroatoms. The first-order valence-electron chi connectivity index (χ1n) is 9.04. The van der Waals surface area contributed by atoms with Gasteiger partial charge in [-0.2, -0.15) is 0 Å². The van der Waals surface area contributed by atoms with Gasteiger partial charge < -0.3 is 9.80 Å². The Hall–Kier alpha value is -2.76. The SMILES string of the molecule is Cc1ccc([C@H]2CC(=O)c3cnc(N4CCN(C=O)CC4)nc3C2)cc1. The lowest BCUT2D eigenvalue weighted by molar-refractivity contribution is -0.118. The topological polar surface area (TPSA) is 66.4 Å². The molecule has 2 aromatic rings. The molecule has 0 spiro atoms. The number of amides is 1. The molecule has 1 aliphatic heterocycles. The molecule has 4 rings (SSSR count). The number of carbonyl (C=O) groups is 2. The van der Waals surface area contributed by atoms with Gasteiger partial charge in [-0.1, -0.05) is 29.8 Å². The minimum Gasteiger partial charge on any atom is -0.342 e. The lowest BCUT2D eigenvalue weighted by Gasteiger charge is -2.33. The average Bonchev–Trinajstić information content (AvgIpc) is 2.68. The van der Waals surface area contributed by atoms with Gasteiger partial charge in [0.25, 0.3) is 0 Å². The fourth-order valence-electron chi connectivity index (χ4n) is 3.69. The third kappa shape index (κ3) is 3.19. The van der Waals surface area contributed by atoms with Crippen molar-refractivity contribution in [3.8, 4) is 0 Å². The Labute approximate surface area is 152 Å². The van der Waals surface area contributed by atoms with Crippen molar-refractivity contribution in [2.24, 2.45) is 0 Å². The second-order valence-electron chi connectivity index (χ2n) is 7.10. The van der Waals surface area contributed by atoms with E-state index in [1.165, 1.54) is 11.1 Å². The molecular weight excluding hydrogens is 328 g/mol. The van der Waals surface area contributed by atoms with Crippen LogP contribution in [0.25, 0.3) is 0 Å². The van der Waals surface area contributed by atoms with Crippen molar-refractivity contribution in [3.63, 3.8) is 0 Å². The predicted molar refractivity (Wildman–Crippen MR) is 98.5 cm³/mol. The highest BCUT2D eigenvalue weighted by Gasteiger charge is 2.29. The maximum Gasteiger partial charge on any atom is 0.225 e. The Kier molecular flexibility index (Phi) is 4.41. The molecule has 1 amide bonds. The van der Waals surface area contributed by atoms with E-state index >= 15 is 0 Å². The van der Waals surface area contributed by atoms with Crippen LogP contribution in [0.5, 0.6) is 0 Å². The van der Waals surface area contributed by atoms with E-state index in [-0.39, 0.29) is 11.7 Å². The average molecular weight is 350 g/mol. The second-order valence-corrected chi connectivity index (χ2v) is 7.10. The summed E-state index contributed by atoms with van der Waals surface area (Å²) in [6.07, 6.45) is 3.83. The maximum atomic E-state index is 12.6. The molecular formula is C20H22N4O2. The highest BCUT2D eigenvalue weighted by Crippen LogP contribution is 2.32. The van der Waals surface area contributed by atoms with Crippen molar-refractivity contribution in [2.75, 3.05) is 31.1 Å². The van der Waals surface area contributed by atoms with E-state index in [1.807, 2.05) is 0 Å². The molecule has 6 nitrogen and oxygen atoms in total. The van der Waals surface area contributed by atoms with Crippen LogP contribution in [0.1, 0.15) is 39.5 Å². The van der Waals surface area contributed by atoms with Crippen molar-refractivity contribution >= 4 is 18.1 Å². The van der Waals surface area contributed by atoms with Crippen molar-refractivity contribution < 1.29 is 9.59 Å². The number of Topliss-reactive ketones (excluding diaryl/α,β-unsaturated/α-hetero) is 1. The van der Waals surface area contributed by atoms with E-state index in [0.29, 0.717) is 44.1 Å². The van der Waals surface area contributed by atoms with Gasteiger partial charge in [-0.3, -0.25) is 9.59 Å². The van der Waals surface area contributed by atoms with Crippen molar-refractivity contribution in [3.05, 3.63) is 52.8 Å². The number of piperazine rings is 1. The number of anilines is 1. The Bertz CT molecular complexity index is 826. The summed E-state index contributed by atoms with van der Waals surface area (Å²) in [7, 11) is 0. The molecule has 0 radical (unpaired) electrons. The number of ketones is 1. The van der Waals surface area contributed by atoms with Gasteiger partial charge >= 0.3 is 0 Å². The van der Waals surface area contributed by atoms with Crippen LogP contribution in [0.2, 0.25) is 0 Å². The summed E-state index contributed by atoms with van der Waals surface area (Å²) in [5.74, 6) is 0.950. The monoisotopic (exact) mass is 350 g/mol. The highest BCUT2D eigenvalue weighted by molar-refractivity contribution is 5.98. The number of hydrogen-bond acceptors (Lipinski definition) is 5. The summed E-state index contributed by atoms with van der Waals surface area (Å²) in [6, 6.07) is 8.40. The minimum absolute atomic E-state index is 0.120. The van der Waals surface area contributed by atoms with Gasteiger partial charge in [0.05, 0.1) is 11.3 Å². The summed E-state index contributed by atoms with van der Waals surface area (Å²) < 4.78 is 0. The smallest absolute Gasteiger partial charge is 0.225 e. The van der Waals surface area contributed by atoms with Crippen molar-refractivity contribution in [1.82, 2.24) is 14.9 Å². The largest absolute Gasteiger partial charge is 0.342 e. The Balaban J connectivity index is 1.57. The molecule has 0 N–H and O–H groups in total. The van der Waals surface area contributed by atoms with E-state index in [1.54, 1.807) is 11.1 Å². The molecule has 134 valence electrons. The number of aromatic nitrogens is 2. The van der Waals surface area contributed by atoms with E-state index in [0.717, 1.165) is 18.5 Å². The molecule has 2 aliphatic rings. The van der Waals surface area contributed by atoms with Crippen LogP contribution >= 0.6 is 0 Å². The van der Waals surface area contributed by atoms with Crippen LogP contribution in [0, 0.1) is 6.92 Å². The third-order valence-electron chi connectivity index (χ3n) is 5.32. The first-order chi connectivity index (χ1) is 12.6. The standard InChI is InChI=1S/C20H22N4O2/c1-14-2-4-15(5-3-14)16-10-18-17(19(26)11-16)12-21-20(22-18)24-8-6-23(13-25)7-9-24/h2-5,12-13,16H,6-11H2,1H3/t16-/m1/s1. The Morgan fingerprint density at radius 1 is 1.08 bits per heavy atom. The summed E-state index contributed by atoms with van der Waals surface area (Å²) in [6.45, 7) is 4.85. The number of carbonyl (C=O) groups excluding carboxylic acids is 2. The fraction of sp³-hybridized carbons (Fsp3) is 0.400. The molecule has 0 bridgehead atoms. The molecule has 1 fully saturated rings. The normalized spacial score (nSPS) is 20.0. The molecule has 0 saturated carbocycles. The van der Waals surface area contributed by atoms with Gasteiger partial charge in [-0.25, -0.2) is 9.97 Å². The molecule has 26 heavy (non-hydrogen) atoms. The number of hydrogen-bond donors (Lipinski definition) is 0. The van der Waals surface area contributed by atoms with Crippen LogP contribution in [0.3, 0.4) is 0 Å². The molecule has 2 heterocycles. The van der Waals surface area contributed by atoms with E-state index in [9.17, 15) is 9.59 Å². The predicted octanol–water partition coefficient (Wildman–Crippen LogP) is 1.98. The van der Waals surface area contributed by atoms with Crippen molar-refractivity contribution in [2.45, 2.75) is 25.7 Å². The lowest BCUT2D eigenvalue weighted by Crippen LogP contribution is -2.46. The molecule has 0 unspecified atom stereocenters. The molecule has 1 aromatic heterocycles. The maximum absolute atomic E-state index is 12.6. The molecule has 1 aliphatic carbocycles. The molecule has 1 saturated heterocycles. The van der Waals surface area contributed by atoms with Crippen LogP contribution < -0.4 is 4.90 Å². The van der Waals surface area contributed by atoms with E-state index in [4.69, 9.17) is 4.98 Å². The quantitative estimate of drug-likeness (QED) is 0.792. The Morgan fingerprint density at radius 2 is 1.81 bits per heavy atom. The van der Waals surface area contributed by atoms with Crippen LogP contribution in [0.15, 0.2) is 30.5 Å². The number of fused-ring (bicyclic) bond motifs is 1. The van der Waals surface area contributed by atoms with Gasteiger partial charge in [0, 0.05) is 38.8 Å². The lowest BCUT2D eigenvalue weighted by atomic mass is 9.82. The first-order valence-corrected chi connectivity index (χ1v) is 9.04. The zero-order valence-electron chi connectivity index (χ0n) is 14.9. The molecule has 1 atom stereocenters. The van der Waals surface area contributed by atoms with E-state index < -0.39 is 0 Å². The second kappa shape index (κ2) is 6.86. The van der Waals surface area contributed by atoms with Gasteiger partial charge in [0.15, 0.2) is 5.78 Å². The minimum atomic E-state index is 0.120. The summed E-state index contributed by atoms with van der Waals surface area (Å²) >= 11 is 0. The van der Waals surface area contributed by atoms with E-state index in [2.05, 4.69) is 41.1 Å². The Morgan fingerprint density at radius 3 is 2.50 bits per heavy atom. The van der Waals surface area contributed by atoms with Gasteiger partial charge in [0.2, 0.25) is 12.4 Å². The van der Waals surface area contributed by atoms with Gasteiger partial charge in [0.1, 0.15) is 0 Å². The van der Waals surface area contributed by atoms with Crippen LogP contribution in [-0.2, 0) is 11.2 Å². The summed E-state index contributed by atoms with van der Waals surface area (Å²) in [5, 5.41) is 0. The highest BCUT2D eigenvalue weighted by atomic mass is 16.1. The number of rotatable bonds is 3. The number of benzene rings is 1. The van der Waals surface area contributed by atoms with Gasteiger partial charge in [-0.05, 0) is 24.8 Å². The first kappa shape index (κ1) is 16.7. The van der Waals surface area contributed by atoms with Crippen molar-refractivity contribution in [1.29, 1.82) is 0 Å². The third-order valence-corrected chi connectivity index (χ3v) is 5.32. The number of nitrogens with zero attached hydrogens (tertiary/aromatic N) is 4. The molecule has 1 aromatic carbocycles. The van der Waals surface area contributed by atoms with Gasteiger partial charge in [-0.15, -0.1) is 0 Å².